The molecule has 1 unspecified atom stereocenters. The maximum atomic E-state index is 12.1. The third kappa shape index (κ3) is 2.37. The molecular weight excluding hydrogens is 218 g/mol. The fraction of sp³-hybridized carbons (Fsp3) is 0.846. The van der Waals surface area contributed by atoms with Crippen molar-refractivity contribution in [2.45, 2.75) is 57.9 Å². The molecule has 0 bridgehead atoms. The molecule has 2 fully saturated rings. The number of imide groups is 1. The zero-order valence-electron chi connectivity index (χ0n) is 10.4. The zero-order chi connectivity index (χ0) is 12.5. The fourth-order valence-corrected chi connectivity index (χ4v) is 3.24. The third-order valence-corrected chi connectivity index (χ3v) is 4.21. The van der Waals surface area contributed by atoms with Gasteiger partial charge in [-0.05, 0) is 25.2 Å². The predicted molar refractivity (Wildman–Crippen MR) is 63.2 cm³/mol. The Bertz CT molecular complexity index is 301. The number of hydrogen-bond donors (Lipinski definition) is 1. The summed E-state index contributed by atoms with van der Waals surface area (Å²) in [6, 6.07) is -0.379. The van der Waals surface area contributed by atoms with Crippen molar-refractivity contribution >= 4 is 11.8 Å². The van der Waals surface area contributed by atoms with E-state index in [0.717, 1.165) is 25.7 Å². The van der Waals surface area contributed by atoms with Gasteiger partial charge in [-0.1, -0.05) is 19.3 Å². The molecule has 1 atom stereocenters. The van der Waals surface area contributed by atoms with Crippen LogP contribution in [-0.2, 0) is 9.59 Å². The lowest BCUT2D eigenvalue weighted by atomic mass is 9.67. The van der Waals surface area contributed by atoms with Crippen molar-refractivity contribution in [2.75, 3.05) is 6.61 Å². The van der Waals surface area contributed by atoms with Gasteiger partial charge in [0.15, 0.2) is 0 Å². The summed E-state index contributed by atoms with van der Waals surface area (Å²) in [6.45, 7) is 1.57. The first kappa shape index (κ1) is 12.6. The van der Waals surface area contributed by atoms with E-state index in [1.54, 1.807) is 6.92 Å². The summed E-state index contributed by atoms with van der Waals surface area (Å²) in [5.41, 5.74) is -0.0574. The van der Waals surface area contributed by atoms with Crippen LogP contribution < -0.4 is 0 Å². The topological polar surface area (TPSA) is 57.6 Å². The van der Waals surface area contributed by atoms with Gasteiger partial charge in [-0.2, -0.15) is 0 Å². The van der Waals surface area contributed by atoms with E-state index in [2.05, 4.69) is 0 Å². The van der Waals surface area contributed by atoms with Gasteiger partial charge in [-0.15, -0.1) is 0 Å². The fourth-order valence-electron chi connectivity index (χ4n) is 3.24. The molecule has 1 saturated carbocycles. The van der Waals surface area contributed by atoms with Gasteiger partial charge in [0.1, 0.15) is 0 Å². The monoisotopic (exact) mass is 239 g/mol. The number of aliphatic hydroxyl groups is 1. The lowest BCUT2D eigenvalue weighted by Crippen LogP contribution is -2.53. The van der Waals surface area contributed by atoms with Crippen LogP contribution in [0.3, 0.4) is 0 Å². The minimum atomic E-state index is -0.379. The van der Waals surface area contributed by atoms with Crippen LogP contribution in [0.15, 0.2) is 0 Å². The van der Waals surface area contributed by atoms with Crippen molar-refractivity contribution in [2.24, 2.45) is 5.41 Å². The summed E-state index contributed by atoms with van der Waals surface area (Å²) in [4.78, 5) is 25.4. The highest BCUT2D eigenvalue weighted by atomic mass is 16.3. The van der Waals surface area contributed by atoms with Crippen LogP contribution in [-0.4, -0.2) is 34.5 Å². The molecule has 2 rings (SSSR count). The zero-order valence-corrected chi connectivity index (χ0v) is 10.4. The van der Waals surface area contributed by atoms with Gasteiger partial charge < -0.3 is 5.11 Å². The molecule has 96 valence electrons. The van der Waals surface area contributed by atoms with Crippen molar-refractivity contribution in [3.05, 3.63) is 0 Å². The van der Waals surface area contributed by atoms with E-state index < -0.39 is 0 Å². The summed E-state index contributed by atoms with van der Waals surface area (Å²) in [6.07, 6.45) is 6.48. The molecule has 1 N–H and O–H groups in total. The molecule has 0 radical (unpaired) electrons. The molecule has 0 aromatic rings. The van der Waals surface area contributed by atoms with Gasteiger partial charge in [0, 0.05) is 12.8 Å². The van der Waals surface area contributed by atoms with E-state index in [9.17, 15) is 9.59 Å². The molecular formula is C13H21NO3. The van der Waals surface area contributed by atoms with E-state index in [0.29, 0.717) is 12.8 Å². The highest BCUT2D eigenvalue weighted by Crippen LogP contribution is 2.45. The van der Waals surface area contributed by atoms with Crippen LogP contribution in [0.2, 0.25) is 0 Å². The molecule has 1 heterocycles. The number of likely N-dealkylation sites (tertiary alicyclic amines) is 1. The lowest BCUT2D eigenvalue weighted by molar-refractivity contribution is -0.158. The van der Waals surface area contributed by atoms with Crippen LogP contribution in [0.5, 0.6) is 0 Å². The second-order valence-electron chi connectivity index (χ2n) is 5.60. The Kier molecular flexibility index (Phi) is 3.52. The van der Waals surface area contributed by atoms with Gasteiger partial charge in [0.05, 0.1) is 12.6 Å². The lowest BCUT2D eigenvalue weighted by Gasteiger charge is -2.43. The Morgan fingerprint density at radius 1 is 1.18 bits per heavy atom. The standard InChI is InChI=1S/C13H21NO3/c1-10(9-15)14-11(16)7-13(8-12(14)17)5-3-2-4-6-13/h10,15H,2-9H2,1H3. The van der Waals surface area contributed by atoms with Crippen LogP contribution in [0.25, 0.3) is 0 Å². The van der Waals surface area contributed by atoms with Gasteiger partial charge in [-0.3, -0.25) is 14.5 Å². The van der Waals surface area contributed by atoms with E-state index in [4.69, 9.17) is 5.11 Å². The smallest absolute Gasteiger partial charge is 0.230 e. The Morgan fingerprint density at radius 3 is 2.18 bits per heavy atom. The molecule has 4 nitrogen and oxygen atoms in total. The number of carbonyl (C=O) groups is 2. The van der Waals surface area contributed by atoms with Crippen LogP contribution in [0.1, 0.15) is 51.9 Å². The number of nitrogens with zero attached hydrogens (tertiary/aromatic N) is 1. The molecule has 2 aliphatic rings. The largest absolute Gasteiger partial charge is 0.394 e. The van der Waals surface area contributed by atoms with Crippen LogP contribution in [0, 0.1) is 5.41 Å². The van der Waals surface area contributed by atoms with E-state index in [1.807, 2.05) is 0 Å². The second kappa shape index (κ2) is 4.77. The van der Waals surface area contributed by atoms with Crippen LogP contribution in [0.4, 0.5) is 0 Å². The van der Waals surface area contributed by atoms with Gasteiger partial charge in [0.25, 0.3) is 0 Å². The summed E-state index contributed by atoms with van der Waals surface area (Å²) in [5, 5.41) is 9.08. The van der Waals surface area contributed by atoms with Crippen molar-refractivity contribution in [1.29, 1.82) is 0 Å². The molecule has 0 aromatic heterocycles. The van der Waals surface area contributed by atoms with E-state index in [1.165, 1.54) is 11.3 Å². The van der Waals surface area contributed by atoms with Crippen molar-refractivity contribution in [3.63, 3.8) is 0 Å². The normalized spacial score (nSPS) is 26.4. The summed E-state index contributed by atoms with van der Waals surface area (Å²) >= 11 is 0. The summed E-state index contributed by atoms with van der Waals surface area (Å²) in [5.74, 6) is -0.186. The Morgan fingerprint density at radius 2 is 1.71 bits per heavy atom. The minimum absolute atomic E-state index is 0.0574. The Hall–Kier alpha value is -0.900. The first-order chi connectivity index (χ1) is 8.08. The van der Waals surface area contributed by atoms with E-state index in [-0.39, 0.29) is 29.9 Å². The number of hydrogen-bond acceptors (Lipinski definition) is 3. The van der Waals surface area contributed by atoms with Crippen molar-refractivity contribution in [3.8, 4) is 0 Å². The molecule has 1 saturated heterocycles. The minimum Gasteiger partial charge on any atom is -0.394 e. The van der Waals surface area contributed by atoms with Crippen molar-refractivity contribution in [1.82, 2.24) is 4.90 Å². The second-order valence-corrected chi connectivity index (χ2v) is 5.60. The quantitative estimate of drug-likeness (QED) is 0.742. The molecule has 1 spiro atoms. The third-order valence-electron chi connectivity index (χ3n) is 4.21. The number of aliphatic hydroxyl groups excluding tert-OH is 1. The van der Waals surface area contributed by atoms with Gasteiger partial charge in [-0.25, -0.2) is 0 Å². The summed E-state index contributed by atoms with van der Waals surface area (Å²) in [7, 11) is 0. The maximum Gasteiger partial charge on any atom is 0.230 e. The molecule has 2 amide bonds. The van der Waals surface area contributed by atoms with Crippen molar-refractivity contribution < 1.29 is 14.7 Å². The highest BCUT2D eigenvalue weighted by Gasteiger charge is 2.45. The molecule has 0 aromatic carbocycles. The first-order valence-corrected chi connectivity index (χ1v) is 6.54. The number of piperidine rings is 1. The molecule has 1 aliphatic heterocycles. The Labute approximate surface area is 102 Å². The first-order valence-electron chi connectivity index (χ1n) is 6.54. The molecule has 1 aliphatic carbocycles. The molecule has 17 heavy (non-hydrogen) atoms. The predicted octanol–water partition coefficient (Wildman–Crippen LogP) is 1.47. The number of rotatable bonds is 2. The van der Waals surface area contributed by atoms with Gasteiger partial charge >= 0.3 is 0 Å². The molecule has 4 heteroatoms. The maximum absolute atomic E-state index is 12.1. The summed E-state index contributed by atoms with van der Waals surface area (Å²) < 4.78 is 0. The average Bonchev–Trinajstić information content (AvgIpc) is 2.28. The van der Waals surface area contributed by atoms with Crippen LogP contribution >= 0.6 is 0 Å². The highest BCUT2D eigenvalue weighted by molar-refractivity contribution is 5.98. The Balaban J connectivity index is 2.12. The SMILES string of the molecule is CC(CO)N1C(=O)CC2(CCCCC2)CC1=O. The number of amides is 2. The van der Waals surface area contributed by atoms with Gasteiger partial charge in [0.2, 0.25) is 11.8 Å². The number of carbonyl (C=O) groups excluding carboxylic acids is 2. The average molecular weight is 239 g/mol. The van der Waals surface area contributed by atoms with E-state index >= 15 is 0 Å².